The van der Waals surface area contributed by atoms with Gasteiger partial charge in [-0.25, -0.2) is 4.39 Å². The predicted octanol–water partition coefficient (Wildman–Crippen LogP) is 3.32. The molecule has 1 aromatic carbocycles. The van der Waals surface area contributed by atoms with Crippen molar-refractivity contribution in [3.05, 3.63) is 24.0 Å². The monoisotopic (exact) mass is 250 g/mol. The third-order valence-electron chi connectivity index (χ3n) is 3.53. The maximum atomic E-state index is 13.0. The Kier molecular flexibility index (Phi) is 4.18. The summed E-state index contributed by atoms with van der Waals surface area (Å²) >= 11 is 0. The molecule has 0 unspecified atom stereocenters. The Labute approximate surface area is 107 Å². The molecule has 1 amide bonds. The molecule has 98 valence electrons. The van der Waals surface area contributed by atoms with Crippen molar-refractivity contribution in [2.45, 2.75) is 38.5 Å². The van der Waals surface area contributed by atoms with E-state index in [9.17, 15) is 9.18 Å². The van der Waals surface area contributed by atoms with Gasteiger partial charge in [0, 0.05) is 12.1 Å². The molecule has 1 aliphatic carbocycles. The highest BCUT2D eigenvalue weighted by molar-refractivity contribution is 5.91. The lowest BCUT2D eigenvalue weighted by atomic mass is 10.0. The summed E-state index contributed by atoms with van der Waals surface area (Å²) in [6.07, 6.45) is 6.56. The van der Waals surface area contributed by atoms with E-state index < -0.39 is 5.82 Å². The number of halogens is 1. The molecule has 1 aromatic rings. The molecule has 1 fully saturated rings. The summed E-state index contributed by atoms with van der Waals surface area (Å²) < 4.78 is 13.0. The van der Waals surface area contributed by atoms with Crippen molar-refractivity contribution in [3.63, 3.8) is 0 Å². The molecule has 1 saturated carbocycles. The second-order valence-corrected chi connectivity index (χ2v) is 4.97. The molecule has 0 atom stereocenters. The topological polar surface area (TPSA) is 55.1 Å². The van der Waals surface area contributed by atoms with Crippen LogP contribution in [0.4, 0.5) is 15.8 Å². The van der Waals surface area contributed by atoms with E-state index >= 15 is 0 Å². The highest BCUT2D eigenvalue weighted by atomic mass is 19.1. The van der Waals surface area contributed by atoms with Crippen LogP contribution in [-0.4, -0.2) is 5.91 Å². The molecule has 18 heavy (non-hydrogen) atoms. The Hall–Kier alpha value is -1.58. The van der Waals surface area contributed by atoms with Crippen molar-refractivity contribution in [1.29, 1.82) is 0 Å². The number of benzene rings is 1. The van der Waals surface area contributed by atoms with E-state index in [1.165, 1.54) is 43.9 Å². The summed E-state index contributed by atoms with van der Waals surface area (Å²) in [6.45, 7) is 0. The second-order valence-electron chi connectivity index (χ2n) is 4.97. The summed E-state index contributed by atoms with van der Waals surface area (Å²) in [4.78, 5) is 11.7. The SMILES string of the molecule is Nc1cc(NC(=O)CCC2CCCC2)ccc1F. The number of nitrogens with two attached hydrogens (primary N) is 1. The average Bonchev–Trinajstić information content (AvgIpc) is 2.84. The van der Waals surface area contributed by atoms with Crippen LogP contribution in [0, 0.1) is 11.7 Å². The minimum atomic E-state index is -0.459. The Morgan fingerprint density at radius 1 is 1.39 bits per heavy atom. The lowest BCUT2D eigenvalue weighted by Gasteiger charge is -2.09. The van der Waals surface area contributed by atoms with Crippen molar-refractivity contribution < 1.29 is 9.18 Å². The van der Waals surface area contributed by atoms with Gasteiger partial charge < -0.3 is 11.1 Å². The Morgan fingerprint density at radius 3 is 2.78 bits per heavy atom. The summed E-state index contributed by atoms with van der Waals surface area (Å²) in [5, 5.41) is 2.75. The zero-order valence-electron chi connectivity index (χ0n) is 10.4. The highest BCUT2D eigenvalue weighted by Crippen LogP contribution is 2.28. The summed E-state index contributed by atoms with van der Waals surface area (Å²) in [6, 6.07) is 4.24. The van der Waals surface area contributed by atoms with E-state index in [1.807, 2.05) is 0 Å². The summed E-state index contributed by atoms with van der Waals surface area (Å²) in [7, 11) is 0. The molecule has 0 aromatic heterocycles. The molecule has 0 bridgehead atoms. The predicted molar refractivity (Wildman–Crippen MR) is 70.6 cm³/mol. The van der Waals surface area contributed by atoms with Crippen LogP contribution in [0.15, 0.2) is 18.2 Å². The number of hydrogen-bond donors (Lipinski definition) is 2. The number of nitrogen functional groups attached to an aromatic ring is 1. The van der Waals surface area contributed by atoms with Crippen LogP contribution in [0.1, 0.15) is 38.5 Å². The van der Waals surface area contributed by atoms with Gasteiger partial charge in [0.1, 0.15) is 5.82 Å². The highest BCUT2D eigenvalue weighted by Gasteiger charge is 2.16. The van der Waals surface area contributed by atoms with E-state index in [1.54, 1.807) is 0 Å². The van der Waals surface area contributed by atoms with Gasteiger partial charge in [0.15, 0.2) is 0 Å². The minimum Gasteiger partial charge on any atom is -0.396 e. The first kappa shape index (κ1) is 12.9. The Balaban J connectivity index is 1.80. The molecule has 0 heterocycles. The molecular weight excluding hydrogens is 231 g/mol. The van der Waals surface area contributed by atoms with E-state index in [0.29, 0.717) is 18.0 Å². The smallest absolute Gasteiger partial charge is 0.224 e. The fourth-order valence-electron chi connectivity index (χ4n) is 2.48. The summed E-state index contributed by atoms with van der Waals surface area (Å²) in [5.41, 5.74) is 6.06. The van der Waals surface area contributed by atoms with Crippen molar-refractivity contribution in [2.24, 2.45) is 5.92 Å². The van der Waals surface area contributed by atoms with Crippen LogP contribution >= 0.6 is 0 Å². The van der Waals surface area contributed by atoms with Crippen molar-refractivity contribution in [1.82, 2.24) is 0 Å². The van der Waals surface area contributed by atoms with Gasteiger partial charge in [-0.2, -0.15) is 0 Å². The molecule has 0 aliphatic heterocycles. The number of anilines is 2. The van der Waals surface area contributed by atoms with Gasteiger partial charge in [-0.05, 0) is 30.5 Å². The number of rotatable bonds is 4. The number of nitrogens with one attached hydrogen (secondary N) is 1. The minimum absolute atomic E-state index is 0.0205. The first-order chi connectivity index (χ1) is 8.65. The van der Waals surface area contributed by atoms with Gasteiger partial charge in [-0.15, -0.1) is 0 Å². The van der Waals surface area contributed by atoms with Crippen molar-refractivity contribution >= 4 is 17.3 Å². The fourth-order valence-corrected chi connectivity index (χ4v) is 2.48. The van der Waals surface area contributed by atoms with E-state index in [4.69, 9.17) is 5.73 Å². The van der Waals surface area contributed by atoms with Crippen LogP contribution in [-0.2, 0) is 4.79 Å². The molecule has 4 heteroatoms. The average molecular weight is 250 g/mol. The molecule has 3 N–H and O–H groups in total. The van der Waals surface area contributed by atoms with Crippen LogP contribution in [0.25, 0.3) is 0 Å². The standard InChI is InChI=1S/C14H19FN2O/c15-12-7-6-11(9-13(12)16)17-14(18)8-5-10-3-1-2-4-10/h6-7,9-10H,1-5,8,16H2,(H,17,18). The fraction of sp³-hybridized carbons (Fsp3) is 0.500. The maximum absolute atomic E-state index is 13.0. The first-order valence-corrected chi connectivity index (χ1v) is 6.50. The van der Waals surface area contributed by atoms with Crippen LogP contribution in [0.3, 0.4) is 0 Å². The van der Waals surface area contributed by atoms with Gasteiger partial charge in [0.2, 0.25) is 5.91 Å². The largest absolute Gasteiger partial charge is 0.396 e. The van der Waals surface area contributed by atoms with Crippen molar-refractivity contribution in [3.8, 4) is 0 Å². The second kappa shape index (κ2) is 5.85. The van der Waals surface area contributed by atoms with Gasteiger partial charge in [-0.1, -0.05) is 25.7 Å². The van der Waals surface area contributed by atoms with Gasteiger partial charge >= 0.3 is 0 Å². The summed E-state index contributed by atoms with van der Waals surface area (Å²) in [5.74, 6) is 0.223. The number of hydrogen-bond acceptors (Lipinski definition) is 2. The zero-order chi connectivity index (χ0) is 13.0. The van der Waals surface area contributed by atoms with Gasteiger partial charge in [-0.3, -0.25) is 4.79 Å². The Bertz CT molecular complexity index is 428. The number of carbonyl (C=O) groups excluding carboxylic acids is 1. The third kappa shape index (κ3) is 3.45. The first-order valence-electron chi connectivity index (χ1n) is 6.50. The molecule has 0 radical (unpaired) electrons. The van der Waals surface area contributed by atoms with Crippen molar-refractivity contribution in [2.75, 3.05) is 11.1 Å². The lowest BCUT2D eigenvalue weighted by molar-refractivity contribution is -0.116. The zero-order valence-corrected chi connectivity index (χ0v) is 10.4. The van der Waals surface area contributed by atoms with Gasteiger partial charge in [0.05, 0.1) is 5.69 Å². The molecular formula is C14H19FN2O. The Morgan fingerprint density at radius 2 is 2.11 bits per heavy atom. The van der Waals surface area contributed by atoms with Crippen LogP contribution < -0.4 is 11.1 Å². The maximum Gasteiger partial charge on any atom is 0.224 e. The molecule has 0 spiro atoms. The van der Waals surface area contributed by atoms with Crippen LogP contribution in [0.5, 0.6) is 0 Å². The lowest BCUT2D eigenvalue weighted by Crippen LogP contribution is -2.13. The normalized spacial score (nSPS) is 15.8. The van der Waals surface area contributed by atoms with E-state index in [-0.39, 0.29) is 11.6 Å². The third-order valence-corrected chi connectivity index (χ3v) is 3.53. The molecule has 3 nitrogen and oxygen atoms in total. The van der Waals surface area contributed by atoms with E-state index in [2.05, 4.69) is 5.32 Å². The molecule has 0 saturated heterocycles. The number of carbonyl (C=O) groups is 1. The molecule has 1 aliphatic rings. The molecule has 2 rings (SSSR count). The van der Waals surface area contributed by atoms with Gasteiger partial charge in [0.25, 0.3) is 0 Å². The van der Waals surface area contributed by atoms with E-state index in [0.717, 1.165) is 6.42 Å². The quantitative estimate of drug-likeness (QED) is 0.805. The van der Waals surface area contributed by atoms with Crippen LogP contribution in [0.2, 0.25) is 0 Å². The number of amides is 1.